The van der Waals surface area contributed by atoms with Gasteiger partial charge in [-0.25, -0.2) is 17.9 Å². The Morgan fingerprint density at radius 2 is 2.05 bits per heavy atom. The average molecular weight is 313 g/mol. The predicted octanol–water partition coefficient (Wildman–Crippen LogP) is 2.03. The van der Waals surface area contributed by atoms with E-state index in [2.05, 4.69) is 4.72 Å². The number of nitrogens with one attached hydrogen (secondary N) is 1. The first-order valence-corrected chi connectivity index (χ1v) is 7.89. The number of hydrogen-bond acceptors (Lipinski definition) is 4. The highest BCUT2D eigenvalue weighted by Crippen LogP contribution is 2.22. The fourth-order valence-electron chi connectivity index (χ4n) is 1.56. The molecule has 0 amide bonds. The fourth-order valence-corrected chi connectivity index (χ4v) is 2.55. The number of carbonyl (C=O) groups is 1. The molecule has 0 radical (unpaired) electrons. The van der Waals surface area contributed by atoms with Crippen LogP contribution in [0.4, 0.5) is 0 Å². The standard InChI is InChI=1S/C14H19NO5S/c1-4-20-13-6-5-11(9-12(13)14(16)17)21(18,19)15-8-7-10(2)3/h5-7,9,15H,4,8H2,1-3H3,(H,16,17). The highest BCUT2D eigenvalue weighted by molar-refractivity contribution is 7.89. The lowest BCUT2D eigenvalue weighted by Crippen LogP contribution is -2.24. The largest absolute Gasteiger partial charge is 0.493 e. The lowest BCUT2D eigenvalue weighted by atomic mass is 10.2. The van der Waals surface area contributed by atoms with Gasteiger partial charge in [-0.2, -0.15) is 0 Å². The molecule has 2 N–H and O–H groups in total. The summed E-state index contributed by atoms with van der Waals surface area (Å²) in [5.74, 6) is -1.09. The van der Waals surface area contributed by atoms with E-state index in [0.717, 1.165) is 11.6 Å². The van der Waals surface area contributed by atoms with Gasteiger partial charge in [0.1, 0.15) is 11.3 Å². The van der Waals surface area contributed by atoms with E-state index in [0.29, 0.717) is 6.61 Å². The van der Waals surface area contributed by atoms with Gasteiger partial charge >= 0.3 is 5.97 Å². The zero-order valence-electron chi connectivity index (χ0n) is 12.2. The van der Waals surface area contributed by atoms with Crippen molar-refractivity contribution >= 4 is 16.0 Å². The van der Waals surface area contributed by atoms with E-state index in [9.17, 15) is 13.2 Å². The Hall–Kier alpha value is -1.86. The Kier molecular flexibility index (Phi) is 5.92. The Labute approximate surface area is 124 Å². The van der Waals surface area contributed by atoms with Gasteiger partial charge in [0.25, 0.3) is 0 Å². The number of rotatable bonds is 7. The van der Waals surface area contributed by atoms with Crippen LogP contribution in [0.2, 0.25) is 0 Å². The Balaban J connectivity index is 3.10. The van der Waals surface area contributed by atoms with Crippen LogP contribution in [-0.2, 0) is 10.0 Å². The molecule has 6 nitrogen and oxygen atoms in total. The van der Waals surface area contributed by atoms with Crippen molar-refractivity contribution in [3.8, 4) is 5.75 Å². The molecular weight excluding hydrogens is 294 g/mol. The molecule has 1 aromatic rings. The van der Waals surface area contributed by atoms with Crippen LogP contribution < -0.4 is 9.46 Å². The number of allylic oxidation sites excluding steroid dienone is 1. The second kappa shape index (κ2) is 7.24. The molecule has 1 aromatic carbocycles. The maximum Gasteiger partial charge on any atom is 0.339 e. The Morgan fingerprint density at radius 3 is 2.57 bits per heavy atom. The van der Waals surface area contributed by atoms with Gasteiger partial charge in [0.15, 0.2) is 0 Å². The van der Waals surface area contributed by atoms with Gasteiger partial charge in [0.05, 0.1) is 11.5 Å². The van der Waals surface area contributed by atoms with Gasteiger partial charge in [-0.05, 0) is 39.0 Å². The van der Waals surface area contributed by atoms with Crippen molar-refractivity contribution in [2.75, 3.05) is 13.2 Å². The molecule has 0 aliphatic carbocycles. The summed E-state index contributed by atoms with van der Waals surface area (Å²) in [5.41, 5.74) is 0.803. The number of carboxylic acid groups (broad SMARTS) is 1. The van der Waals surface area contributed by atoms with Crippen LogP contribution in [0.15, 0.2) is 34.7 Å². The minimum Gasteiger partial charge on any atom is -0.493 e. The van der Waals surface area contributed by atoms with Gasteiger partial charge < -0.3 is 9.84 Å². The lowest BCUT2D eigenvalue weighted by molar-refractivity contribution is 0.0692. The maximum absolute atomic E-state index is 12.1. The van der Waals surface area contributed by atoms with E-state index in [1.54, 1.807) is 13.0 Å². The van der Waals surface area contributed by atoms with Crippen LogP contribution in [-0.4, -0.2) is 32.6 Å². The molecule has 0 aromatic heterocycles. The molecule has 0 fully saturated rings. The molecule has 0 unspecified atom stereocenters. The van der Waals surface area contributed by atoms with Crippen LogP contribution in [0.3, 0.4) is 0 Å². The summed E-state index contributed by atoms with van der Waals surface area (Å²) in [6, 6.07) is 3.77. The molecule has 0 spiro atoms. The van der Waals surface area contributed by atoms with Gasteiger partial charge in [0, 0.05) is 6.54 Å². The average Bonchev–Trinajstić information content (AvgIpc) is 2.38. The molecule has 7 heteroatoms. The first-order valence-electron chi connectivity index (χ1n) is 6.41. The Morgan fingerprint density at radius 1 is 1.38 bits per heavy atom. The molecule has 1 rings (SSSR count). The molecule has 0 atom stereocenters. The monoisotopic (exact) mass is 313 g/mol. The van der Waals surface area contributed by atoms with Gasteiger partial charge in [-0.15, -0.1) is 0 Å². The highest BCUT2D eigenvalue weighted by Gasteiger charge is 2.19. The summed E-state index contributed by atoms with van der Waals surface area (Å²) in [7, 11) is -3.76. The number of aromatic carboxylic acids is 1. The molecule has 0 saturated heterocycles. The predicted molar refractivity (Wildman–Crippen MR) is 79.2 cm³/mol. The quantitative estimate of drug-likeness (QED) is 0.751. The Bertz CT molecular complexity index is 645. The van der Waals surface area contributed by atoms with E-state index < -0.39 is 16.0 Å². The summed E-state index contributed by atoms with van der Waals surface area (Å²) in [6.07, 6.45) is 1.73. The summed E-state index contributed by atoms with van der Waals surface area (Å²) in [4.78, 5) is 11.1. The van der Waals surface area contributed by atoms with Crippen molar-refractivity contribution < 1.29 is 23.1 Å². The van der Waals surface area contributed by atoms with Crippen LogP contribution in [0.5, 0.6) is 5.75 Å². The minimum atomic E-state index is -3.76. The van der Waals surface area contributed by atoms with Gasteiger partial charge in [-0.3, -0.25) is 0 Å². The molecule has 0 bridgehead atoms. The third-order valence-electron chi connectivity index (χ3n) is 2.58. The van der Waals surface area contributed by atoms with Crippen LogP contribution in [0, 0.1) is 0 Å². The van der Waals surface area contributed by atoms with E-state index in [1.807, 2.05) is 13.8 Å². The molecular formula is C14H19NO5S. The lowest BCUT2D eigenvalue weighted by Gasteiger charge is -2.10. The normalized spacial score (nSPS) is 11.0. The highest BCUT2D eigenvalue weighted by atomic mass is 32.2. The van der Waals surface area contributed by atoms with Gasteiger partial charge in [0.2, 0.25) is 10.0 Å². The number of ether oxygens (including phenoxy) is 1. The SMILES string of the molecule is CCOc1ccc(S(=O)(=O)NCC=C(C)C)cc1C(=O)O. The van der Waals surface area contributed by atoms with Crippen molar-refractivity contribution in [2.45, 2.75) is 25.7 Å². The van der Waals surface area contributed by atoms with Crippen LogP contribution in [0.1, 0.15) is 31.1 Å². The summed E-state index contributed by atoms with van der Waals surface area (Å²) < 4.78 is 31.7. The molecule has 0 aliphatic heterocycles. The van der Waals surface area contributed by atoms with E-state index in [-0.39, 0.29) is 22.8 Å². The van der Waals surface area contributed by atoms with Crippen molar-refractivity contribution in [3.05, 3.63) is 35.4 Å². The zero-order chi connectivity index (χ0) is 16.0. The number of benzene rings is 1. The summed E-state index contributed by atoms with van der Waals surface area (Å²) >= 11 is 0. The third-order valence-corrected chi connectivity index (χ3v) is 4.00. The molecule has 116 valence electrons. The van der Waals surface area contributed by atoms with Gasteiger partial charge in [-0.1, -0.05) is 11.6 Å². The topological polar surface area (TPSA) is 92.7 Å². The summed E-state index contributed by atoms with van der Waals surface area (Å²) in [6.45, 7) is 5.88. The van der Waals surface area contributed by atoms with Crippen molar-refractivity contribution in [3.63, 3.8) is 0 Å². The maximum atomic E-state index is 12.1. The van der Waals surface area contributed by atoms with Crippen LogP contribution >= 0.6 is 0 Å². The van der Waals surface area contributed by atoms with E-state index in [4.69, 9.17) is 9.84 Å². The molecule has 0 heterocycles. The molecule has 0 aliphatic rings. The molecule has 0 saturated carbocycles. The van der Waals surface area contributed by atoms with E-state index in [1.165, 1.54) is 12.1 Å². The second-order valence-electron chi connectivity index (χ2n) is 4.53. The summed E-state index contributed by atoms with van der Waals surface area (Å²) in [5, 5.41) is 9.13. The van der Waals surface area contributed by atoms with Crippen molar-refractivity contribution in [2.24, 2.45) is 0 Å². The number of sulfonamides is 1. The first kappa shape index (κ1) is 17.2. The fraction of sp³-hybridized carbons (Fsp3) is 0.357. The van der Waals surface area contributed by atoms with Crippen LogP contribution in [0.25, 0.3) is 0 Å². The zero-order valence-corrected chi connectivity index (χ0v) is 13.0. The second-order valence-corrected chi connectivity index (χ2v) is 6.30. The van der Waals surface area contributed by atoms with Crippen molar-refractivity contribution in [1.82, 2.24) is 4.72 Å². The van der Waals surface area contributed by atoms with E-state index >= 15 is 0 Å². The number of hydrogen-bond donors (Lipinski definition) is 2. The molecule has 21 heavy (non-hydrogen) atoms. The number of carboxylic acids is 1. The van der Waals surface area contributed by atoms with Crippen molar-refractivity contribution in [1.29, 1.82) is 0 Å². The third kappa shape index (κ3) is 4.87. The first-order chi connectivity index (χ1) is 9.77. The smallest absolute Gasteiger partial charge is 0.339 e. The minimum absolute atomic E-state index is 0.106.